The minimum atomic E-state index is -0.613. The summed E-state index contributed by atoms with van der Waals surface area (Å²) in [5.74, 6) is -0.240. The smallest absolute Gasteiger partial charge is 0.407 e. The van der Waals surface area contributed by atoms with Crippen LogP contribution in [0.25, 0.3) is 5.52 Å². The van der Waals surface area contributed by atoms with E-state index >= 15 is 0 Å². The number of halogens is 2. The third kappa shape index (κ3) is 7.98. The highest BCUT2D eigenvalue weighted by Gasteiger charge is 2.32. The summed E-state index contributed by atoms with van der Waals surface area (Å²) in [6.45, 7) is 12.3. The van der Waals surface area contributed by atoms with Gasteiger partial charge in [-0.1, -0.05) is 60.1 Å². The Kier molecular flexibility index (Phi) is 10.7. The van der Waals surface area contributed by atoms with Crippen LogP contribution in [0.3, 0.4) is 0 Å². The van der Waals surface area contributed by atoms with Gasteiger partial charge < -0.3 is 15.0 Å². The molecule has 4 aromatic rings. The lowest BCUT2D eigenvalue weighted by atomic mass is 9.96. The van der Waals surface area contributed by atoms with Crippen molar-refractivity contribution in [1.29, 1.82) is 0 Å². The molecule has 1 atom stereocenters. The lowest BCUT2D eigenvalue weighted by Crippen LogP contribution is -2.43. The highest BCUT2D eigenvalue weighted by Crippen LogP contribution is 2.33. The molecular formula is C33H39Br2N5O4. The Bertz CT molecular complexity index is 1680. The third-order valence-electron chi connectivity index (χ3n) is 7.08. The molecule has 0 saturated heterocycles. The first-order chi connectivity index (χ1) is 20.8. The van der Waals surface area contributed by atoms with Crippen LogP contribution in [0.15, 0.2) is 74.4 Å². The number of carbonyl (C=O) groups is 2. The number of carbonyl (C=O) groups excluding carboxylic acids is 2. The number of nitrogens with zero attached hydrogens (tertiary/aromatic N) is 4. The van der Waals surface area contributed by atoms with Crippen molar-refractivity contribution in [3.8, 4) is 0 Å². The molecule has 2 heterocycles. The van der Waals surface area contributed by atoms with Crippen molar-refractivity contribution in [3.63, 3.8) is 0 Å². The summed E-state index contributed by atoms with van der Waals surface area (Å²) in [7, 11) is 0. The van der Waals surface area contributed by atoms with Crippen LogP contribution in [0.1, 0.15) is 74.4 Å². The molecule has 44 heavy (non-hydrogen) atoms. The molecule has 0 unspecified atom stereocenters. The van der Waals surface area contributed by atoms with Gasteiger partial charge in [0.2, 0.25) is 0 Å². The molecule has 4 rings (SSSR count). The number of nitrogens with one attached hydrogen (secondary N) is 1. The second-order valence-electron chi connectivity index (χ2n) is 12.1. The van der Waals surface area contributed by atoms with Gasteiger partial charge in [-0.3, -0.25) is 9.36 Å². The van der Waals surface area contributed by atoms with Crippen LogP contribution < -0.4 is 11.0 Å². The van der Waals surface area contributed by atoms with Gasteiger partial charge in [-0.05, 0) is 91.9 Å². The van der Waals surface area contributed by atoms with E-state index in [2.05, 4.69) is 42.3 Å². The predicted octanol–water partition coefficient (Wildman–Crippen LogP) is 7.13. The predicted molar refractivity (Wildman–Crippen MR) is 179 cm³/mol. The maximum absolute atomic E-state index is 14.3. The Morgan fingerprint density at radius 3 is 2.32 bits per heavy atom. The largest absolute Gasteiger partial charge is 0.444 e. The molecule has 0 aliphatic carbocycles. The van der Waals surface area contributed by atoms with E-state index in [1.54, 1.807) is 16.7 Å². The number of fused-ring (bicyclic) bond motifs is 1. The van der Waals surface area contributed by atoms with E-state index in [0.717, 1.165) is 14.5 Å². The number of hydrogen-bond acceptors (Lipinski definition) is 5. The molecule has 9 nitrogen and oxygen atoms in total. The lowest BCUT2D eigenvalue weighted by Gasteiger charge is -2.36. The highest BCUT2D eigenvalue weighted by molar-refractivity contribution is 9.11. The van der Waals surface area contributed by atoms with Gasteiger partial charge in [0.25, 0.3) is 5.91 Å². The van der Waals surface area contributed by atoms with E-state index in [0.29, 0.717) is 48.5 Å². The Morgan fingerprint density at radius 2 is 1.70 bits per heavy atom. The SMILES string of the molecule is Cc1nn2c(=O)n(Cc3ccccc3)c([C@@H](C(C)C)N(CCCNC(=O)OC(C)(C)C)C(=O)c3ccc(Br)cc3)cc2c1Br. The number of alkyl carbamates (subject to hydrolysis) is 1. The van der Waals surface area contributed by atoms with E-state index < -0.39 is 17.7 Å². The molecule has 0 aliphatic rings. The fourth-order valence-corrected chi connectivity index (χ4v) is 5.78. The standard InChI is InChI=1S/C33H39Br2N5O4/c1-21(2)29(27-19-26-28(35)22(3)37-40(26)32(43)39(27)20-23-11-8-7-9-12-23)38(30(41)24-13-15-25(34)16-14-24)18-10-17-36-31(42)44-33(4,5)6/h7-9,11-16,19,21,29H,10,17-18,20H2,1-6H3,(H,36,42)/t29-/m1/s1. The quantitative estimate of drug-likeness (QED) is 0.175. The van der Waals surface area contributed by atoms with Crippen molar-refractivity contribution in [2.45, 2.75) is 66.2 Å². The summed E-state index contributed by atoms with van der Waals surface area (Å²) in [6, 6.07) is 18.5. The molecule has 0 radical (unpaired) electrons. The average Bonchev–Trinajstić information content (AvgIpc) is 3.24. The lowest BCUT2D eigenvalue weighted by molar-refractivity contribution is 0.0520. The van der Waals surface area contributed by atoms with Gasteiger partial charge in [0.1, 0.15) is 5.60 Å². The van der Waals surface area contributed by atoms with E-state index in [4.69, 9.17) is 4.74 Å². The average molecular weight is 730 g/mol. The van der Waals surface area contributed by atoms with Gasteiger partial charge in [-0.25, -0.2) is 9.59 Å². The van der Waals surface area contributed by atoms with Crippen LogP contribution in [0.4, 0.5) is 4.79 Å². The number of amides is 2. The molecule has 0 bridgehead atoms. The van der Waals surface area contributed by atoms with E-state index in [9.17, 15) is 14.4 Å². The van der Waals surface area contributed by atoms with Gasteiger partial charge in [-0.2, -0.15) is 9.61 Å². The molecule has 2 aromatic carbocycles. The van der Waals surface area contributed by atoms with Crippen molar-refractivity contribution in [3.05, 3.63) is 103 Å². The molecule has 2 amide bonds. The van der Waals surface area contributed by atoms with E-state index in [1.165, 1.54) is 4.52 Å². The molecule has 0 fully saturated rings. The molecule has 1 N–H and O–H groups in total. The Labute approximate surface area is 274 Å². The normalized spacial score (nSPS) is 12.4. The van der Waals surface area contributed by atoms with Crippen molar-refractivity contribution < 1.29 is 14.3 Å². The zero-order chi connectivity index (χ0) is 32.2. The Hall–Kier alpha value is -3.44. The molecule has 0 spiro atoms. The number of aromatic nitrogens is 3. The summed E-state index contributed by atoms with van der Waals surface area (Å²) < 4.78 is 10.1. The minimum absolute atomic E-state index is 0.0696. The summed E-state index contributed by atoms with van der Waals surface area (Å²) in [4.78, 5) is 42.4. The van der Waals surface area contributed by atoms with Crippen LogP contribution in [-0.4, -0.2) is 49.8 Å². The molecule has 0 aliphatic heterocycles. The maximum atomic E-state index is 14.3. The van der Waals surface area contributed by atoms with Crippen LogP contribution in [0, 0.1) is 12.8 Å². The second-order valence-corrected chi connectivity index (χ2v) is 13.8. The van der Waals surface area contributed by atoms with Crippen LogP contribution >= 0.6 is 31.9 Å². The van der Waals surface area contributed by atoms with Gasteiger partial charge in [0, 0.05) is 28.8 Å². The summed E-state index contributed by atoms with van der Waals surface area (Å²) in [6.07, 6.45) is -0.0300. The number of ether oxygens (including phenoxy) is 1. The first-order valence-corrected chi connectivity index (χ1v) is 16.2. The van der Waals surface area contributed by atoms with Gasteiger partial charge >= 0.3 is 11.8 Å². The Morgan fingerprint density at radius 1 is 1.05 bits per heavy atom. The first kappa shape index (κ1) is 33.5. The molecule has 234 valence electrons. The van der Waals surface area contributed by atoms with Crippen molar-refractivity contribution in [2.24, 2.45) is 5.92 Å². The van der Waals surface area contributed by atoms with Crippen LogP contribution in [0.5, 0.6) is 0 Å². The summed E-state index contributed by atoms with van der Waals surface area (Å²) in [5, 5.41) is 7.30. The first-order valence-electron chi connectivity index (χ1n) is 14.6. The summed E-state index contributed by atoms with van der Waals surface area (Å²) in [5.41, 5.74) is 2.61. The third-order valence-corrected chi connectivity index (χ3v) is 8.59. The van der Waals surface area contributed by atoms with Crippen molar-refractivity contribution >= 4 is 49.4 Å². The molecule has 11 heteroatoms. The fraction of sp³-hybridized carbons (Fsp3) is 0.394. The summed E-state index contributed by atoms with van der Waals surface area (Å²) >= 11 is 7.08. The maximum Gasteiger partial charge on any atom is 0.407 e. The van der Waals surface area contributed by atoms with Gasteiger partial charge in [-0.15, -0.1) is 0 Å². The fourth-order valence-electron chi connectivity index (χ4n) is 5.15. The number of rotatable bonds is 10. The van der Waals surface area contributed by atoms with Crippen LogP contribution in [-0.2, 0) is 11.3 Å². The monoisotopic (exact) mass is 727 g/mol. The van der Waals surface area contributed by atoms with Crippen LogP contribution in [0.2, 0.25) is 0 Å². The number of benzene rings is 2. The van der Waals surface area contributed by atoms with E-state index in [1.807, 2.05) is 95.0 Å². The minimum Gasteiger partial charge on any atom is -0.444 e. The zero-order valence-corrected chi connectivity index (χ0v) is 29.1. The molecular weight excluding hydrogens is 690 g/mol. The molecule has 0 saturated carbocycles. The number of hydrogen-bond donors (Lipinski definition) is 1. The number of aryl methyl sites for hydroxylation is 1. The Balaban J connectivity index is 1.80. The second kappa shape index (κ2) is 14.1. The molecule has 2 aromatic heterocycles. The van der Waals surface area contributed by atoms with E-state index in [-0.39, 0.29) is 17.5 Å². The van der Waals surface area contributed by atoms with Crippen molar-refractivity contribution in [1.82, 2.24) is 24.4 Å². The van der Waals surface area contributed by atoms with Gasteiger partial charge in [0.15, 0.2) is 0 Å². The topological polar surface area (TPSA) is 97.9 Å². The van der Waals surface area contributed by atoms with Gasteiger partial charge in [0.05, 0.1) is 28.3 Å². The van der Waals surface area contributed by atoms with Crippen molar-refractivity contribution in [2.75, 3.05) is 13.1 Å². The highest BCUT2D eigenvalue weighted by atomic mass is 79.9. The zero-order valence-electron chi connectivity index (χ0n) is 25.9.